The second kappa shape index (κ2) is 7.71. The number of benzene rings is 1. The van der Waals surface area contributed by atoms with Crippen molar-refractivity contribution in [2.24, 2.45) is 0 Å². The molecule has 0 aliphatic heterocycles. The van der Waals surface area contributed by atoms with E-state index < -0.39 is 5.60 Å². The van der Waals surface area contributed by atoms with Crippen LogP contribution in [0.5, 0.6) is 5.75 Å². The van der Waals surface area contributed by atoms with Gasteiger partial charge in [-0.25, -0.2) is 0 Å². The van der Waals surface area contributed by atoms with E-state index in [1.807, 2.05) is 24.3 Å². The Labute approximate surface area is 141 Å². The molecule has 0 atom stereocenters. The molecular weight excluding hydrogens is 306 g/mol. The molecule has 126 valence electrons. The van der Waals surface area contributed by atoms with Crippen LogP contribution in [-0.2, 0) is 6.42 Å². The summed E-state index contributed by atoms with van der Waals surface area (Å²) in [5, 5.41) is 12.4. The molecular formula is C19H21NO4. The van der Waals surface area contributed by atoms with E-state index in [0.717, 1.165) is 11.3 Å². The lowest BCUT2D eigenvalue weighted by Crippen LogP contribution is -2.25. The Kier molecular flexibility index (Phi) is 5.67. The molecule has 0 spiro atoms. The molecule has 1 aromatic carbocycles. The number of ether oxygens (including phenoxy) is 1. The summed E-state index contributed by atoms with van der Waals surface area (Å²) in [6, 6.07) is 10.8. The molecule has 1 aromatic heterocycles. The summed E-state index contributed by atoms with van der Waals surface area (Å²) >= 11 is 0. The molecule has 0 radical (unpaired) electrons. The third kappa shape index (κ3) is 5.18. The summed E-state index contributed by atoms with van der Waals surface area (Å²) in [6.07, 6.45) is 0.655. The van der Waals surface area contributed by atoms with Crippen LogP contribution in [0.3, 0.4) is 0 Å². The summed E-state index contributed by atoms with van der Waals surface area (Å²) in [6.45, 7) is 3.62. The standard InChI is InChI=1S/C19H21NO4/c1-19(2,22)12-10-15-8-9-17(24-15)18(21)20-13-11-14-6-4-5-7-16(14)23-3/h4-9,22H,11,13H2,1-3H3,(H,20,21). The molecule has 5 heteroatoms. The Hall–Kier alpha value is -2.71. The first-order chi connectivity index (χ1) is 11.4. The van der Waals surface area contributed by atoms with Gasteiger partial charge in [0.25, 0.3) is 5.91 Å². The van der Waals surface area contributed by atoms with Gasteiger partial charge in [-0.15, -0.1) is 0 Å². The fraction of sp³-hybridized carbons (Fsp3) is 0.316. The number of hydrogen-bond acceptors (Lipinski definition) is 4. The maximum absolute atomic E-state index is 12.1. The molecule has 0 saturated carbocycles. The van der Waals surface area contributed by atoms with E-state index in [0.29, 0.717) is 18.7 Å². The fourth-order valence-corrected chi connectivity index (χ4v) is 2.05. The van der Waals surface area contributed by atoms with Crippen LogP contribution >= 0.6 is 0 Å². The Morgan fingerprint density at radius 1 is 1.29 bits per heavy atom. The van der Waals surface area contributed by atoms with Crippen LogP contribution in [0.4, 0.5) is 0 Å². The van der Waals surface area contributed by atoms with Crippen LogP contribution in [0.2, 0.25) is 0 Å². The highest BCUT2D eigenvalue weighted by molar-refractivity contribution is 5.91. The van der Waals surface area contributed by atoms with Gasteiger partial charge in [0.2, 0.25) is 0 Å². The van der Waals surface area contributed by atoms with E-state index in [1.54, 1.807) is 33.1 Å². The summed E-state index contributed by atoms with van der Waals surface area (Å²) in [4.78, 5) is 12.1. The first kappa shape index (κ1) is 17.6. The Balaban J connectivity index is 1.91. The van der Waals surface area contributed by atoms with Crippen molar-refractivity contribution < 1.29 is 19.1 Å². The zero-order valence-electron chi connectivity index (χ0n) is 14.1. The second-order valence-electron chi connectivity index (χ2n) is 5.79. The molecule has 0 bridgehead atoms. The average Bonchev–Trinajstić information content (AvgIpc) is 3.02. The first-order valence-electron chi connectivity index (χ1n) is 7.64. The third-order valence-corrected chi connectivity index (χ3v) is 3.19. The minimum absolute atomic E-state index is 0.190. The van der Waals surface area contributed by atoms with E-state index in [4.69, 9.17) is 9.15 Å². The van der Waals surface area contributed by atoms with Crippen molar-refractivity contribution in [1.29, 1.82) is 0 Å². The summed E-state index contributed by atoms with van der Waals surface area (Å²) in [7, 11) is 1.62. The smallest absolute Gasteiger partial charge is 0.287 e. The normalized spacial score (nSPS) is 10.7. The van der Waals surface area contributed by atoms with Gasteiger partial charge >= 0.3 is 0 Å². The monoisotopic (exact) mass is 327 g/mol. The maximum Gasteiger partial charge on any atom is 0.287 e. The van der Waals surface area contributed by atoms with Gasteiger partial charge in [-0.3, -0.25) is 4.79 Å². The van der Waals surface area contributed by atoms with Gasteiger partial charge in [-0.05, 0) is 50.0 Å². The lowest BCUT2D eigenvalue weighted by molar-refractivity contribution is 0.0926. The highest BCUT2D eigenvalue weighted by Crippen LogP contribution is 2.17. The van der Waals surface area contributed by atoms with Crippen molar-refractivity contribution in [2.75, 3.05) is 13.7 Å². The summed E-state index contributed by atoms with van der Waals surface area (Å²) in [5.41, 5.74) is -0.0827. The second-order valence-corrected chi connectivity index (χ2v) is 5.79. The summed E-state index contributed by atoms with van der Waals surface area (Å²) in [5.74, 6) is 6.35. The molecule has 1 heterocycles. The van der Waals surface area contributed by atoms with E-state index in [9.17, 15) is 9.90 Å². The molecule has 24 heavy (non-hydrogen) atoms. The van der Waals surface area contributed by atoms with E-state index in [-0.39, 0.29) is 11.7 Å². The number of hydrogen-bond donors (Lipinski definition) is 2. The molecule has 0 unspecified atom stereocenters. The van der Waals surface area contributed by atoms with Crippen molar-refractivity contribution in [1.82, 2.24) is 5.32 Å². The van der Waals surface area contributed by atoms with Crippen LogP contribution in [0.25, 0.3) is 0 Å². The largest absolute Gasteiger partial charge is 0.496 e. The van der Waals surface area contributed by atoms with Crippen molar-refractivity contribution in [3.05, 3.63) is 53.5 Å². The zero-order chi connectivity index (χ0) is 17.6. The summed E-state index contributed by atoms with van der Waals surface area (Å²) < 4.78 is 10.6. The van der Waals surface area contributed by atoms with Gasteiger partial charge in [0.15, 0.2) is 11.5 Å². The molecule has 0 saturated heterocycles. The molecule has 2 N–H and O–H groups in total. The lowest BCUT2D eigenvalue weighted by Gasteiger charge is -2.08. The number of aliphatic hydroxyl groups is 1. The number of furan rings is 1. The van der Waals surface area contributed by atoms with Crippen molar-refractivity contribution in [3.8, 4) is 17.6 Å². The zero-order valence-corrected chi connectivity index (χ0v) is 14.1. The van der Waals surface area contributed by atoms with Crippen LogP contribution in [0.15, 0.2) is 40.8 Å². The average molecular weight is 327 g/mol. The highest BCUT2D eigenvalue weighted by atomic mass is 16.5. The highest BCUT2D eigenvalue weighted by Gasteiger charge is 2.11. The molecule has 1 amide bonds. The van der Waals surface area contributed by atoms with E-state index in [2.05, 4.69) is 17.2 Å². The molecule has 0 aliphatic carbocycles. The maximum atomic E-state index is 12.1. The number of para-hydroxylation sites is 1. The fourth-order valence-electron chi connectivity index (χ4n) is 2.05. The van der Waals surface area contributed by atoms with Gasteiger partial charge in [0.1, 0.15) is 11.4 Å². The van der Waals surface area contributed by atoms with Crippen molar-refractivity contribution in [2.45, 2.75) is 25.9 Å². The van der Waals surface area contributed by atoms with Crippen LogP contribution in [0, 0.1) is 11.8 Å². The first-order valence-corrected chi connectivity index (χ1v) is 7.64. The van der Waals surface area contributed by atoms with Crippen LogP contribution < -0.4 is 10.1 Å². The van der Waals surface area contributed by atoms with Gasteiger partial charge in [0.05, 0.1) is 7.11 Å². The Bertz CT molecular complexity index is 759. The number of methoxy groups -OCH3 is 1. The van der Waals surface area contributed by atoms with Gasteiger partial charge in [0, 0.05) is 6.54 Å². The lowest BCUT2D eigenvalue weighted by atomic mass is 10.1. The van der Waals surface area contributed by atoms with E-state index in [1.165, 1.54) is 0 Å². The minimum atomic E-state index is -1.11. The topological polar surface area (TPSA) is 71.7 Å². The molecule has 0 fully saturated rings. The quantitative estimate of drug-likeness (QED) is 0.827. The van der Waals surface area contributed by atoms with Crippen LogP contribution in [0.1, 0.15) is 35.7 Å². The van der Waals surface area contributed by atoms with Gasteiger partial charge < -0.3 is 19.6 Å². The number of carbonyl (C=O) groups is 1. The Morgan fingerprint density at radius 2 is 2.04 bits per heavy atom. The predicted molar refractivity (Wildman–Crippen MR) is 90.9 cm³/mol. The van der Waals surface area contributed by atoms with Crippen molar-refractivity contribution in [3.63, 3.8) is 0 Å². The third-order valence-electron chi connectivity index (χ3n) is 3.19. The molecule has 2 aromatic rings. The number of nitrogens with one attached hydrogen (secondary N) is 1. The minimum Gasteiger partial charge on any atom is -0.496 e. The number of amides is 1. The van der Waals surface area contributed by atoms with Crippen molar-refractivity contribution >= 4 is 5.91 Å². The molecule has 5 nitrogen and oxygen atoms in total. The van der Waals surface area contributed by atoms with Gasteiger partial charge in [-0.2, -0.15) is 0 Å². The number of rotatable bonds is 5. The Morgan fingerprint density at radius 3 is 2.75 bits per heavy atom. The van der Waals surface area contributed by atoms with Crippen LogP contribution in [-0.4, -0.2) is 30.3 Å². The molecule has 0 aliphatic rings. The van der Waals surface area contributed by atoms with E-state index >= 15 is 0 Å². The SMILES string of the molecule is COc1ccccc1CCNC(=O)c1ccc(C#CC(C)(C)O)o1. The number of carbonyl (C=O) groups excluding carboxylic acids is 1. The van der Waals surface area contributed by atoms with Gasteiger partial charge in [-0.1, -0.05) is 24.1 Å². The predicted octanol–water partition coefficient (Wildman–Crippen LogP) is 2.38. The molecule has 2 rings (SSSR count).